The van der Waals surface area contributed by atoms with Crippen molar-refractivity contribution in [2.24, 2.45) is 0 Å². The maximum absolute atomic E-state index is 12.3. The molecule has 4 aromatic rings. The molecule has 0 aliphatic carbocycles. The van der Waals surface area contributed by atoms with Gasteiger partial charge in [-0.05, 0) is 53.7 Å². The van der Waals surface area contributed by atoms with Gasteiger partial charge in [0.15, 0.2) is 10.9 Å². The van der Waals surface area contributed by atoms with Crippen LogP contribution >= 0.6 is 12.2 Å². The summed E-state index contributed by atoms with van der Waals surface area (Å²) in [6, 6.07) is 23.1. The highest BCUT2D eigenvalue weighted by atomic mass is 32.1. The minimum Gasteiger partial charge on any atom is -0.433 e. The average Bonchev–Trinajstić information content (AvgIpc) is 3.14. The van der Waals surface area contributed by atoms with Crippen LogP contribution in [-0.2, 0) is 0 Å². The third kappa shape index (κ3) is 3.86. The van der Waals surface area contributed by atoms with Crippen molar-refractivity contribution < 1.29 is 9.21 Å². The molecule has 0 fully saturated rings. The summed E-state index contributed by atoms with van der Waals surface area (Å²) in [6.07, 6.45) is 1.61. The van der Waals surface area contributed by atoms with E-state index in [0.29, 0.717) is 5.71 Å². The fraction of sp³-hybridized carbons (Fsp3) is 0. The number of nitrogens with one attached hydrogen (secondary N) is 2. The molecule has 0 radical (unpaired) electrons. The molecule has 0 saturated heterocycles. The molecule has 0 bridgehead atoms. The minimum absolute atomic E-state index is 0.160. The number of rotatable bonds is 3. The van der Waals surface area contributed by atoms with Gasteiger partial charge in [-0.15, -0.1) is 0 Å². The molecular weight excluding hydrogens is 358 g/mol. The number of carbonyl (C=O) groups is 1. The van der Waals surface area contributed by atoms with E-state index in [1.54, 1.807) is 18.3 Å². The number of pyridine rings is 1. The number of hydrogen-bond donors (Lipinski definition) is 2. The molecule has 1 amide bonds. The van der Waals surface area contributed by atoms with Gasteiger partial charge < -0.3 is 9.73 Å². The molecule has 0 spiro atoms. The van der Waals surface area contributed by atoms with E-state index in [0.717, 1.165) is 22.2 Å². The first kappa shape index (κ1) is 16.9. The number of fused-ring (bicyclic) bond motifs is 1. The molecule has 132 valence electrons. The van der Waals surface area contributed by atoms with Crippen LogP contribution < -0.4 is 10.6 Å². The first-order valence-electron chi connectivity index (χ1n) is 8.31. The number of furan rings is 1. The van der Waals surface area contributed by atoms with Crippen LogP contribution in [0.3, 0.4) is 0 Å². The van der Waals surface area contributed by atoms with E-state index in [2.05, 4.69) is 27.8 Å². The minimum atomic E-state index is -0.425. The second kappa shape index (κ2) is 7.39. The number of nitrogens with zero attached hydrogens (tertiary/aromatic N) is 1. The van der Waals surface area contributed by atoms with Gasteiger partial charge in [0.1, 0.15) is 0 Å². The van der Waals surface area contributed by atoms with Crippen molar-refractivity contribution in [2.45, 2.75) is 0 Å². The second-order valence-corrected chi connectivity index (χ2v) is 6.27. The van der Waals surface area contributed by atoms with Crippen molar-refractivity contribution in [2.75, 3.05) is 5.32 Å². The summed E-state index contributed by atoms with van der Waals surface area (Å²) in [4.78, 5) is 16.4. The third-order valence-corrected chi connectivity index (χ3v) is 4.20. The molecule has 2 heterocycles. The molecule has 0 saturated carbocycles. The van der Waals surface area contributed by atoms with Gasteiger partial charge in [0.25, 0.3) is 5.91 Å². The van der Waals surface area contributed by atoms with E-state index in [1.165, 1.54) is 0 Å². The van der Waals surface area contributed by atoms with Gasteiger partial charge in [0, 0.05) is 17.3 Å². The topological polar surface area (TPSA) is 67.2 Å². The van der Waals surface area contributed by atoms with Crippen molar-refractivity contribution in [1.29, 1.82) is 0 Å². The van der Waals surface area contributed by atoms with Gasteiger partial charge in [-0.25, -0.2) is 4.98 Å². The number of hydrogen-bond acceptors (Lipinski definition) is 4. The summed E-state index contributed by atoms with van der Waals surface area (Å²) in [5.74, 6) is -0.265. The highest BCUT2D eigenvalue weighted by Crippen LogP contribution is 2.21. The summed E-state index contributed by atoms with van der Waals surface area (Å²) in [5.41, 5.74) is 3.44. The molecule has 2 aromatic carbocycles. The highest BCUT2D eigenvalue weighted by Gasteiger charge is 2.14. The molecule has 0 aliphatic heterocycles. The number of aromatic nitrogens is 1. The lowest BCUT2D eigenvalue weighted by molar-refractivity contribution is 0.0952. The molecule has 27 heavy (non-hydrogen) atoms. The molecule has 0 aliphatic rings. The summed E-state index contributed by atoms with van der Waals surface area (Å²) in [5, 5.41) is 6.57. The van der Waals surface area contributed by atoms with Gasteiger partial charge in [0.05, 0.1) is 0 Å². The Labute approximate surface area is 161 Å². The molecule has 0 unspecified atom stereocenters. The van der Waals surface area contributed by atoms with E-state index in [-0.39, 0.29) is 10.9 Å². The second-order valence-electron chi connectivity index (χ2n) is 5.86. The van der Waals surface area contributed by atoms with Gasteiger partial charge >= 0.3 is 0 Å². The van der Waals surface area contributed by atoms with Crippen molar-refractivity contribution in [3.8, 4) is 11.1 Å². The number of amides is 1. The van der Waals surface area contributed by atoms with Crippen molar-refractivity contribution in [3.63, 3.8) is 0 Å². The molecule has 2 aromatic heterocycles. The molecular formula is C21H15N3O2S. The molecule has 2 N–H and O–H groups in total. The first-order chi connectivity index (χ1) is 13.2. The van der Waals surface area contributed by atoms with Gasteiger partial charge in [-0.3, -0.25) is 10.1 Å². The van der Waals surface area contributed by atoms with Crippen LogP contribution in [0.5, 0.6) is 0 Å². The Hall–Kier alpha value is -3.51. The third-order valence-electron chi connectivity index (χ3n) is 3.99. The van der Waals surface area contributed by atoms with Crippen LogP contribution in [0.2, 0.25) is 0 Å². The van der Waals surface area contributed by atoms with Crippen molar-refractivity contribution >= 4 is 40.0 Å². The Morgan fingerprint density at radius 1 is 0.926 bits per heavy atom. The molecule has 5 nitrogen and oxygen atoms in total. The molecule has 0 atom stereocenters. The van der Waals surface area contributed by atoms with Gasteiger partial charge in [-0.1, -0.05) is 42.5 Å². The van der Waals surface area contributed by atoms with Crippen molar-refractivity contribution in [3.05, 3.63) is 84.8 Å². The average molecular weight is 373 g/mol. The van der Waals surface area contributed by atoms with Crippen LogP contribution in [0.1, 0.15) is 10.6 Å². The fourth-order valence-corrected chi connectivity index (χ4v) is 2.90. The smallest absolute Gasteiger partial charge is 0.293 e. The van der Waals surface area contributed by atoms with Gasteiger partial charge in [-0.2, -0.15) is 0 Å². The predicted octanol–water partition coefficient (Wildman–Crippen LogP) is 4.62. The Kier molecular flexibility index (Phi) is 4.63. The normalized spacial score (nSPS) is 10.5. The number of carbonyl (C=O) groups excluding carboxylic acids is 1. The van der Waals surface area contributed by atoms with Crippen LogP contribution in [0.15, 0.2) is 83.4 Å². The Morgan fingerprint density at radius 3 is 2.41 bits per heavy atom. The largest absolute Gasteiger partial charge is 0.433 e. The zero-order chi connectivity index (χ0) is 18.6. The quantitative estimate of drug-likeness (QED) is 0.513. The van der Waals surface area contributed by atoms with Crippen molar-refractivity contribution in [1.82, 2.24) is 10.3 Å². The highest BCUT2D eigenvalue weighted by molar-refractivity contribution is 7.80. The molecule has 4 rings (SSSR count). The summed E-state index contributed by atoms with van der Waals surface area (Å²) < 4.78 is 5.44. The van der Waals surface area contributed by atoms with E-state index >= 15 is 0 Å². The maximum atomic E-state index is 12.3. The Morgan fingerprint density at radius 2 is 1.67 bits per heavy atom. The first-order valence-corrected chi connectivity index (χ1v) is 8.72. The van der Waals surface area contributed by atoms with E-state index in [4.69, 9.17) is 16.6 Å². The number of thiocarbonyl (C=S) groups is 1. The van der Waals surface area contributed by atoms with Crippen LogP contribution in [0, 0.1) is 0 Å². The Bertz CT molecular complexity index is 1070. The van der Waals surface area contributed by atoms with Crippen LogP contribution in [0.25, 0.3) is 22.2 Å². The van der Waals surface area contributed by atoms with Gasteiger partial charge in [0.2, 0.25) is 5.71 Å². The maximum Gasteiger partial charge on any atom is 0.293 e. The lowest BCUT2D eigenvalue weighted by Crippen LogP contribution is -2.33. The van der Waals surface area contributed by atoms with Crippen LogP contribution in [0.4, 0.5) is 5.69 Å². The fourth-order valence-electron chi connectivity index (χ4n) is 2.69. The molecule has 6 heteroatoms. The predicted molar refractivity (Wildman–Crippen MR) is 110 cm³/mol. The zero-order valence-corrected chi connectivity index (χ0v) is 15.0. The summed E-state index contributed by atoms with van der Waals surface area (Å²) in [6.45, 7) is 0. The van der Waals surface area contributed by atoms with E-state index < -0.39 is 5.91 Å². The summed E-state index contributed by atoms with van der Waals surface area (Å²) in [7, 11) is 0. The van der Waals surface area contributed by atoms with Crippen LogP contribution in [-0.4, -0.2) is 16.0 Å². The number of anilines is 1. The van der Waals surface area contributed by atoms with E-state index in [1.807, 2.05) is 48.5 Å². The SMILES string of the molecule is O=C(NC(=S)Nc1ccc(-c2ccccc2)cc1)c1cc2cccnc2o1. The lowest BCUT2D eigenvalue weighted by atomic mass is 10.1. The lowest BCUT2D eigenvalue weighted by Gasteiger charge is -2.09. The monoisotopic (exact) mass is 373 g/mol. The number of benzene rings is 2. The standard InChI is InChI=1S/C21H15N3O2S/c25-19(18-13-16-7-4-12-22-20(16)26-18)24-21(27)23-17-10-8-15(9-11-17)14-5-2-1-3-6-14/h1-13H,(H2,23,24,25,27). The zero-order valence-electron chi connectivity index (χ0n) is 14.2. The Balaban J connectivity index is 1.41. The van der Waals surface area contributed by atoms with E-state index in [9.17, 15) is 4.79 Å². The summed E-state index contributed by atoms with van der Waals surface area (Å²) >= 11 is 5.22.